The highest BCUT2D eigenvalue weighted by molar-refractivity contribution is 5.87. The molecule has 21 heavy (non-hydrogen) atoms. The number of benzene rings is 1. The fraction of sp³-hybridized carbons (Fsp3) is 0.133. The van der Waals surface area contributed by atoms with Crippen molar-refractivity contribution in [3.63, 3.8) is 0 Å². The van der Waals surface area contributed by atoms with Crippen molar-refractivity contribution in [3.8, 4) is 11.5 Å². The molecule has 2 rings (SSSR count). The molecule has 0 aliphatic carbocycles. The number of phenolic OH excluding ortho intramolecular Hbond substituents is 1. The summed E-state index contributed by atoms with van der Waals surface area (Å²) in [4.78, 5) is 3.95. The maximum atomic E-state index is 9.91. The first-order chi connectivity index (χ1) is 10.1. The van der Waals surface area contributed by atoms with Gasteiger partial charge in [0.2, 0.25) is 0 Å². The van der Waals surface area contributed by atoms with Gasteiger partial charge in [-0.2, -0.15) is 10.2 Å². The lowest BCUT2D eigenvalue weighted by atomic mass is 10.1. The van der Waals surface area contributed by atoms with Crippen molar-refractivity contribution in [2.45, 2.75) is 13.5 Å². The molecule has 1 heterocycles. The standard InChI is InChI=1S/C15H15N3O3/c1-10-15(21)13(12(9-19)6-16-10)8-18-17-7-11-4-2-3-5-14(11)20/h2-8,19-21H,9H2,1H3/b17-7-,18-8-. The number of nitrogens with zero attached hydrogens (tertiary/aromatic N) is 3. The Balaban J connectivity index is 2.23. The predicted octanol–water partition coefficient (Wildman–Crippen LogP) is 1.75. The minimum absolute atomic E-state index is 0.0388. The van der Waals surface area contributed by atoms with Crippen molar-refractivity contribution in [3.05, 3.63) is 52.8 Å². The molecule has 0 amide bonds. The smallest absolute Gasteiger partial charge is 0.145 e. The van der Waals surface area contributed by atoms with Gasteiger partial charge in [0.15, 0.2) is 0 Å². The van der Waals surface area contributed by atoms with Crippen LogP contribution >= 0.6 is 0 Å². The molecule has 0 aliphatic rings. The van der Waals surface area contributed by atoms with Gasteiger partial charge in [-0.15, -0.1) is 0 Å². The quantitative estimate of drug-likeness (QED) is 0.588. The van der Waals surface area contributed by atoms with Gasteiger partial charge >= 0.3 is 0 Å². The lowest BCUT2D eigenvalue weighted by molar-refractivity contribution is 0.280. The van der Waals surface area contributed by atoms with Gasteiger partial charge in [0.05, 0.1) is 24.7 Å². The second-order valence-corrected chi connectivity index (χ2v) is 4.34. The molecular formula is C15H15N3O3. The van der Waals surface area contributed by atoms with E-state index in [9.17, 15) is 15.3 Å². The zero-order valence-corrected chi connectivity index (χ0v) is 11.4. The molecule has 108 valence electrons. The number of phenols is 1. The number of rotatable bonds is 4. The van der Waals surface area contributed by atoms with Crippen LogP contribution in [0.4, 0.5) is 0 Å². The zero-order chi connectivity index (χ0) is 15.2. The van der Waals surface area contributed by atoms with Crippen molar-refractivity contribution >= 4 is 12.4 Å². The monoisotopic (exact) mass is 285 g/mol. The van der Waals surface area contributed by atoms with Gasteiger partial charge in [0.1, 0.15) is 11.5 Å². The molecule has 1 aromatic heterocycles. The summed E-state index contributed by atoms with van der Waals surface area (Å²) in [6.45, 7) is 1.39. The van der Waals surface area contributed by atoms with E-state index >= 15 is 0 Å². The number of aromatic nitrogens is 1. The Morgan fingerprint density at radius 3 is 2.57 bits per heavy atom. The fourth-order valence-electron chi connectivity index (χ4n) is 1.71. The van der Waals surface area contributed by atoms with Crippen LogP contribution in [0.25, 0.3) is 0 Å². The molecule has 0 atom stereocenters. The van der Waals surface area contributed by atoms with Gasteiger partial charge in [-0.3, -0.25) is 4.98 Å². The molecule has 0 fully saturated rings. The summed E-state index contributed by atoms with van der Waals surface area (Å²) in [6.07, 6.45) is 4.21. The number of pyridine rings is 1. The zero-order valence-electron chi connectivity index (χ0n) is 11.4. The van der Waals surface area contributed by atoms with Crippen molar-refractivity contribution in [2.24, 2.45) is 10.2 Å². The highest BCUT2D eigenvalue weighted by atomic mass is 16.3. The van der Waals surface area contributed by atoms with Crippen molar-refractivity contribution in [1.29, 1.82) is 0 Å². The summed E-state index contributed by atoms with van der Waals surface area (Å²) in [5.41, 5.74) is 1.81. The summed E-state index contributed by atoms with van der Waals surface area (Å²) < 4.78 is 0. The van der Waals surface area contributed by atoms with E-state index in [1.165, 1.54) is 18.6 Å². The number of hydrogen-bond acceptors (Lipinski definition) is 6. The van der Waals surface area contributed by atoms with Crippen LogP contribution in [0.5, 0.6) is 11.5 Å². The molecule has 0 spiro atoms. The van der Waals surface area contributed by atoms with E-state index in [2.05, 4.69) is 15.2 Å². The maximum Gasteiger partial charge on any atom is 0.145 e. The predicted molar refractivity (Wildman–Crippen MR) is 79.9 cm³/mol. The molecule has 0 bridgehead atoms. The van der Waals surface area contributed by atoms with E-state index in [1.807, 2.05) is 0 Å². The molecule has 6 heteroatoms. The van der Waals surface area contributed by atoms with Gasteiger partial charge in [-0.05, 0) is 19.1 Å². The van der Waals surface area contributed by atoms with Gasteiger partial charge < -0.3 is 15.3 Å². The van der Waals surface area contributed by atoms with E-state index in [-0.39, 0.29) is 18.1 Å². The molecule has 1 aromatic carbocycles. The fourth-order valence-corrected chi connectivity index (χ4v) is 1.71. The number of aliphatic hydroxyl groups is 1. The number of hydrogen-bond donors (Lipinski definition) is 3. The molecular weight excluding hydrogens is 270 g/mol. The van der Waals surface area contributed by atoms with Crippen molar-refractivity contribution in [2.75, 3.05) is 0 Å². The van der Waals surface area contributed by atoms with Gasteiger partial charge in [0.25, 0.3) is 0 Å². The Labute approximate surface area is 121 Å². The minimum Gasteiger partial charge on any atom is -0.507 e. The lowest BCUT2D eigenvalue weighted by Crippen LogP contribution is -1.97. The van der Waals surface area contributed by atoms with E-state index < -0.39 is 0 Å². The Morgan fingerprint density at radius 1 is 1.14 bits per heavy atom. The van der Waals surface area contributed by atoms with Crippen LogP contribution in [-0.4, -0.2) is 32.7 Å². The number of aliphatic hydroxyl groups excluding tert-OH is 1. The Hall–Kier alpha value is -2.73. The number of aromatic hydroxyl groups is 2. The first-order valence-electron chi connectivity index (χ1n) is 6.26. The number of para-hydroxylation sites is 1. The summed E-state index contributed by atoms with van der Waals surface area (Å²) in [5.74, 6) is 0.0677. The average molecular weight is 285 g/mol. The van der Waals surface area contributed by atoms with Crippen LogP contribution in [0.3, 0.4) is 0 Å². The summed E-state index contributed by atoms with van der Waals surface area (Å²) >= 11 is 0. The van der Waals surface area contributed by atoms with Crippen LogP contribution < -0.4 is 0 Å². The van der Waals surface area contributed by atoms with E-state index in [0.717, 1.165) is 0 Å². The van der Waals surface area contributed by atoms with Crippen LogP contribution in [0.2, 0.25) is 0 Å². The highest BCUT2D eigenvalue weighted by Gasteiger charge is 2.08. The van der Waals surface area contributed by atoms with Gasteiger partial charge in [-0.1, -0.05) is 12.1 Å². The summed E-state index contributed by atoms with van der Waals surface area (Å²) in [7, 11) is 0. The molecule has 0 aliphatic heterocycles. The normalized spacial score (nSPS) is 11.5. The van der Waals surface area contributed by atoms with Crippen LogP contribution in [-0.2, 0) is 6.61 Å². The van der Waals surface area contributed by atoms with Crippen LogP contribution in [0.15, 0.2) is 40.7 Å². The molecule has 6 nitrogen and oxygen atoms in total. The van der Waals surface area contributed by atoms with Crippen molar-refractivity contribution < 1.29 is 15.3 Å². The molecule has 3 N–H and O–H groups in total. The largest absolute Gasteiger partial charge is 0.507 e. The molecule has 0 saturated heterocycles. The second kappa shape index (κ2) is 6.62. The molecule has 0 unspecified atom stereocenters. The first-order valence-corrected chi connectivity index (χ1v) is 6.26. The third kappa shape index (κ3) is 3.43. The highest BCUT2D eigenvalue weighted by Crippen LogP contribution is 2.22. The Kier molecular flexibility index (Phi) is 4.63. The van der Waals surface area contributed by atoms with Crippen molar-refractivity contribution in [1.82, 2.24) is 4.98 Å². The molecule has 2 aromatic rings. The Bertz CT molecular complexity index is 697. The Morgan fingerprint density at radius 2 is 1.86 bits per heavy atom. The summed E-state index contributed by atoms with van der Waals surface area (Å²) in [6, 6.07) is 6.72. The number of aryl methyl sites for hydroxylation is 1. The topological polar surface area (TPSA) is 98.3 Å². The molecule has 0 saturated carbocycles. The van der Waals surface area contributed by atoms with Crippen LogP contribution in [0, 0.1) is 6.92 Å². The SMILES string of the molecule is Cc1ncc(CO)c(/C=N\N=C/c2ccccc2O)c1O. The van der Waals surface area contributed by atoms with E-state index in [0.29, 0.717) is 22.4 Å². The lowest BCUT2D eigenvalue weighted by Gasteiger charge is -2.06. The van der Waals surface area contributed by atoms with E-state index in [1.54, 1.807) is 31.2 Å². The maximum absolute atomic E-state index is 9.91. The third-order valence-electron chi connectivity index (χ3n) is 2.92. The van der Waals surface area contributed by atoms with E-state index in [4.69, 9.17) is 0 Å². The van der Waals surface area contributed by atoms with Crippen LogP contribution in [0.1, 0.15) is 22.4 Å². The first kappa shape index (κ1) is 14.7. The minimum atomic E-state index is -0.259. The average Bonchev–Trinajstić information content (AvgIpc) is 2.49. The third-order valence-corrected chi connectivity index (χ3v) is 2.92. The van der Waals surface area contributed by atoms with Gasteiger partial charge in [-0.25, -0.2) is 0 Å². The second-order valence-electron chi connectivity index (χ2n) is 4.34. The van der Waals surface area contributed by atoms with Gasteiger partial charge in [0, 0.05) is 22.9 Å². The molecule has 0 radical (unpaired) electrons. The summed E-state index contributed by atoms with van der Waals surface area (Å²) in [5, 5.41) is 36.3.